The van der Waals surface area contributed by atoms with Gasteiger partial charge in [0.15, 0.2) is 0 Å². The molecule has 0 radical (unpaired) electrons. The van der Waals surface area contributed by atoms with Crippen molar-refractivity contribution in [3.8, 4) is 16.9 Å². The Hall–Kier alpha value is -3.29. The van der Waals surface area contributed by atoms with Crippen LogP contribution in [0.2, 0.25) is 0 Å². The van der Waals surface area contributed by atoms with Gasteiger partial charge in [0.25, 0.3) is 0 Å². The molecule has 3 rings (SSSR count). The second kappa shape index (κ2) is 7.51. The minimum Gasteiger partial charge on any atom is -0.478 e. The lowest BCUT2D eigenvalue weighted by molar-refractivity contribution is -0.274. The van der Waals surface area contributed by atoms with Crippen LogP contribution in [0, 0.1) is 6.92 Å². The molecule has 0 spiro atoms. The van der Waals surface area contributed by atoms with Crippen molar-refractivity contribution < 1.29 is 32.6 Å². The number of ether oxygens (including phenoxy) is 1. The van der Waals surface area contributed by atoms with Crippen LogP contribution in [-0.4, -0.2) is 23.3 Å². The van der Waals surface area contributed by atoms with Crippen LogP contribution < -0.4 is 10.1 Å². The van der Waals surface area contributed by atoms with Gasteiger partial charge in [-0.3, -0.25) is 4.79 Å². The first-order valence-electron chi connectivity index (χ1n) is 9.12. The highest BCUT2D eigenvalue weighted by Crippen LogP contribution is 2.43. The van der Waals surface area contributed by atoms with Crippen LogP contribution in [0.5, 0.6) is 5.75 Å². The van der Waals surface area contributed by atoms with Gasteiger partial charge in [0.2, 0.25) is 5.91 Å². The van der Waals surface area contributed by atoms with Crippen LogP contribution in [0.1, 0.15) is 37.0 Å². The van der Waals surface area contributed by atoms with Gasteiger partial charge < -0.3 is 15.2 Å². The smallest absolute Gasteiger partial charge is 0.478 e. The number of alkyl halides is 3. The fourth-order valence-electron chi connectivity index (χ4n) is 3.60. The number of nitrogens with one attached hydrogen (secondary N) is 1. The Morgan fingerprint density at radius 3 is 2.53 bits per heavy atom. The van der Waals surface area contributed by atoms with Crippen LogP contribution in [0.4, 0.5) is 18.9 Å². The minimum atomic E-state index is -4.90. The number of aliphatic carboxylic acids is 1. The van der Waals surface area contributed by atoms with E-state index in [1.165, 1.54) is 18.2 Å². The molecule has 5 nitrogen and oxygen atoms in total. The number of hydrogen-bond acceptors (Lipinski definition) is 3. The first-order valence-corrected chi connectivity index (χ1v) is 9.12. The lowest BCUT2D eigenvalue weighted by atomic mass is 9.76. The normalized spacial score (nSPS) is 15.6. The molecule has 2 N–H and O–H groups in total. The summed E-state index contributed by atoms with van der Waals surface area (Å²) in [6.45, 7) is 5.62. The summed E-state index contributed by atoms with van der Waals surface area (Å²) in [5, 5.41) is 11.6. The van der Waals surface area contributed by atoms with E-state index >= 15 is 0 Å². The number of carboxylic acid groups (broad SMARTS) is 1. The van der Waals surface area contributed by atoms with Crippen molar-refractivity contribution >= 4 is 23.6 Å². The molecule has 0 bridgehead atoms. The van der Waals surface area contributed by atoms with E-state index in [4.69, 9.17) is 5.11 Å². The maximum absolute atomic E-state index is 12.9. The van der Waals surface area contributed by atoms with E-state index in [0.29, 0.717) is 28.8 Å². The number of halogens is 3. The Balaban J connectivity index is 2.19. The van der Waals surface area contributed by atoms with Crippen molar-refractivity contribution in [3.05, 3.63) is 53.1 Å². The summed E-state index contributed by atoms with van der Waals surface area (Å²) in [5.41, 5.74) is 2.67. The lowest BCUT2D eigenvalue weighted by Crippen LogP contribution is -2.32. The van der Waals surface area contributed by atoms with Gasteiger partial charge in [0.05, 0.1) is 0 Å². The number of carboxylic acids is 1. The van der Waals surface area contributed by atoms with Crippen molar-refractivity contribution in [2.24, 2.45) is 0 Å². The summed E-state index contributed by atoms with van der Waals surface area (Å²) in [6.07, 6.45) is -2.42. The third-order valence-corrected chi connectivity index (χ3v) is 4.91. The van der Waals surface area contributed by atoms with Crippen LogP contribution in [0.3, 0.4) is 0 Å². The molecule has 1 aliphatic heterocycles. The molecule has 1 heterocycles. The van der Waals surface area contributed by atoms with Crippen LogP contribution in [-0.2, 0) is 15.0 Å². The zero-order valence-electron chi connectivity index (χ0n) is 16.6. The molecular weight excluding hydrogens is 399 g/mol. The molecule has 2 aromatic carbocycles. The van der Waals surface area contributed by atoms with E-state index in [9.17, 15) is 22.8 Å². The maximum atomic E-state index is 12.9. The molecular formula is C22H20F3NO4. The fourth-order valence-corrected chi connectivity index (χ4v) is 3.60. The average Bonchev–Trinajstić information content (AvgIpc) is 2.59. The van der Waals surface area contributed by atoms with Crippen LogP contribution in [0.25, 0.3) is 17.2 Å². The number of aryl methyl sites for hydroxylation is 1. The Morgan fingerprint density at radius 2 is 1.90 bits per heavy atom. The van der Waals surface area contributed by atoms with Crippen LogP contribution >= 0.6 is 0 Å². The van der Waals surface area contributed by atoms with Gasteiger partial charge in [-0.05, 0) is 53.5 Å². The third kappa shape index (κ3) is 4.64. The standard InChI is InChI=1S/C22H20F3NO4/c1-12-8-16-17(26-19(27)11-21(16,2)3)10-14(12)15-9-13(5-7-20(28)29)4-6-18(15)30-22(23,24)25/h4-10H,11H2,1-3H3,(H,26,27)(H,28,29)/b7-5+. The molecule has 2 aromatic rings. The number of benzene rings is 2. The molecule has 0 atom stereocenters. The first kappa shape index (κ1) is 21.4. The third-order valence-electron chi connectivity index (χ3n) is 4.91. The Bertz CT molecular complexity index is 1060. The summed E-state index contributed by atoms with van der Waals surface area (Å²) in [6, 6.07) is 7.38. The zero-order valence-corrected chi connectivity index (χ0v) is 16.6. The topological polar surface area (TPSA) is 75.6 Å². The van der Waals surface area contributed by atoms with Crippen molar-refractivity contribution in [2.75, 3.05) is 5.32 Å². The Morgan fingerprint density at radius 1 is 1.20 bits per heavy atom. The summed E-state index contributed by atoms with van der Waals surface area (Å²) < 4.78 is 43.0. The van der Waals surface area contributed by atoms with E-state index in [1.54, 1.807) is 13.0 Å². The number of anilines is 1. The van der Waals surface area contributed by atoms with Crippen LogP contribution in [0.15, 0.2) is 36.4 Å². The van der Waals surface area contributed by atoms with Crippen molar-refractivity contribution in [3.63, 3.8) is 0 Å². The molecule has 1 aliphatic rings. The monoisotopic (exact) mass is 419 g/mol. The highest BCUT2D eigenvalue weighted by molar-refractivity contribution is 5.97. The van der Waals surface area contributed by atoms with E-state index < -0.39 is 23.5 Å². The number of amides is 1. The highest BCUT2D eigenvalue weighted by Gasteiger charge is 2.34. The molecule has 1 amide bonds. The second-order valence-corrected chi connectivity index (χ2v) is 7.80. The number of fused-ring (bicyclic) bond motifs is 1. The first-order chi connectivity index (χ1) is 13.9. The number of hydrogen-bond donors (Lipinski definition) is 2. The van der Waals surface area contributed by atoms with Crippen molar-refractivity contribution in [1.29, 1.82) is 0 Å². The summed E-state index contributed by atoms with van der Waals surface area (Å²) in [4.78, 5) is 22.9. The van der Waals surface area contributed by atoms with Gasteiger partial charge in [-0.1, -0.05) is 26.0 Å². The number of rotatable bonds is 4. The van der Waals surface area contributed by atoms with Gasteiger partial charge in [0.1, 0.15) is 5.75 Å². The zero-order chi connectivity index (χ0) is 22.3. The molecule has 0 saturated heterocycles. The lowest BCUT2D eigenvalue weighted by Gasteiger charge is -2.33. The predicted octanol–water partition coefficient (Wildman–Crippen LogP) is 5.28. The molecule has 0 unspecified atom stereocenters. The molecule has 158 valence electrons. The fraction of sp³-hybridized carbons (Fsp3) is 0.273. The van der Waals surface area contributed by atoms with Gasteiger partial charge in [-0.2, -0.15) is 0 Å². The molecule has 0 fully saturated rings. The van der Waals surface area contributed by atoms with E-state index in [0.717, 1.165) is 17.7 Å². The predicted molar refractivity (Wildman–Crippen MR) is 106 cm³/mol. The Labute approximate surface area is 171 Å². The summed E-state index contributed by atoms with van der Waals surface area (Å²) in [5.74, 6) is -1.77. The SMILES string of the molecule is Cc1cc2c(cc1-c1cc(/C=C/C(=O)O)ccc1OC(F)(F)F)NC(=O)CC2(C)C. The van der Waals surface area contributed by atoms with E-state index in [2.05, 4.69) is 10.1 Å². The second-order valence-electron chi connectivity index (χ2n) is 7.80. The molecule has 8 heteroatoms. The molecule has 30 heavy (non-hydrogen) atoms. The molecule has 0 saturated carbocycles. The minimum absolute atomic E-state index is 0.137. The summed E-state index contributed by atoms with van der Waals surface area (Å²) in [7, 11) is 0. The maximum Gasteiger partial charge on any atom is 0.573 e. The number of carbonyl (C=O) groups excluding carboxylic acids is 1. The van der Waals surface area contributed by atoms with Gasteiger partial charge in [-0.25, -0.2) is 4.79 Å². The van der Waals surface area contributed by atoms with Gasteiger partial charge in [-0.15, -0.1) is 13.2 Å². The van der Waals surface area contributed by atoms with E-state index in [-0.39, 0.29) is 11.5 Å². The average molecular weight is 419 g/mol. The summed E-state index contributed by atoms with van der Waals surface area (Å²) >= 11 is 0. The quantitative estimate of drug-likeness (QED) is 0.662. The van der Waals surface area contributed by atoms with Gasteiger partial charge >= 0.3 is 12.3 Å². The Kier molecular flexibility index (Phi) is 5.36. The molecule has 0 aromatic heterocycles. The molecule has 0 aliphatic carbocycles. The van der Waals surface area contributed by atoms with Crippen molar-refractivity contribution in [1.82, 2.24) is 0 Å². The highest BCUT2D eigenvalue weighted by atomic mass is 19.4. The number of carbonyl (C=O) groups is 2. The van der Waals surface area contributed by atoms with Gasteiger partial charge in [0, 0.05) is 29.2 Å². The van der Waals surface area contributed by atoms with E-state index in [1.807, 2.05) is 19.9 Å². The van der Waals surface area contributed by atoms with Crippen molar-refractivity contribution in [2.45, 2.75) is 39.0 Å². The largest absolute Gasteiger partial charge is 0.573 e.